The van der Waals surface area contributed by atoms with Crippen molar-refractivity contribution in [1.82, 2.24) is 19.7 Å². The van der Waals surface area contributed by atoms with E-state index in [1.807, 2.05) is 26.0 Å². The normalized spacial score (nSPS) is 15.6. The third kappa shape index (κ3) is 2.20. The molecule has 0 atom stereocenters. The molecule has 2 aromatic rings. The monoisotopic (exact) mass is 293 g/mol. The van der Waals surface area contributed by atoms with Crippen molar-refractivity contribution in [3.05, 3.63) is 23.5 Å². The van der Waals surface area contributed by atoms with Crippen molar-refractivity contribution < 1.29 is 8.42 Å². The molecule has 1 saturated carbocycles. The summed E-state index contributed by atoms with van der Waals surface area (Å²) in [6.07, 6.45) is 1.82. The van der Waals surface area contributed by atoms with E-state index in [4.69, 9.17) is 5.14 Å². The first-order valence-corrected chi connectivity index (χ1v) is 7.85. The molecule has 0 aromatic carbocycles. The van der Waals surface area contributed by atoms with Crippen LogP contribution in [-0.2, 0) is 10.0 Å². The van der Waals surface area contributed by atoms with Crippen molar-refractivity contribution in [1.29, 1.82) is 0 Å². The minimum atomic E-state index is -3.88. The van der Waals surface area contributed by atoms with Gasteiger partial charge < -0.3 is 0 Å². The predicted octanol–water partition coefficient (Wildman–Crippen LogP) is 0.939. The first kappa shape index (κ1) is 13.2. The van der Waals surface area contributed by atoms with Gasteiger partial charge in [0.25, 0.3) is 15.2 Å². The average Bonchev–Trinajstić information content (AvgIpc) is 3.07. The van der Waals surface area contributed by atoms with Crippen LogP contribution < -0.4 is 5.14 Å². The Morgan fingerprint density at radius 1 is 1.25 bits per heavy atom. The van der Waals surface area contributed by atoms with Crippen molar-refractivity contribution >= 4 is 10.0 Å². The van der Waals surface area contributed by atoms with Gasteiger partial charge in [-0.3, -0.25) is 9.55 Å². The summed E-state index contributed by atoms with van der Waals surface area (Å²) in [5, 5.41) is 12.8. The van der Waals surface area contributed by atoms with E-state index >= 15 is 0 Å². The van der Waals surface area contributed by atoms with Gasteiger partial charge in [0.15, 0.2) is 5.82 Å². The molecule has 3 rings (SSSR count). The Bertz CT molecular complexity index is 777. The summed E-state index contributed by atoms with van der Waals surface area (Å²) in [5.41, 5.74) is 2.47. The zero-order valence-corrected chi connectivity index (χ0v) is 12.1. The molecule has 8 heteroatoms. The molecule has 2 N–H and O–H groups in total. The molecular weight excluding hydrogens is 278 g/mol. The molecule has 0 aliphatic heterocycles. The Morgan fingerprint density at radius 3 is 2.50 bits per heavy atom. The highest BCUT2D eigenvalue weighted by Gasteiger charge is 2.33. The van der Waals surface area contributed by atoms with Crippen molar-refractivity contribution in [3.63, 3.8) is 0 Å². The highest BCUT2D eigenvalue weighted by molar-refractivity contribution is 7.89. The summed E-state index contributed by atoms with van der Waals surface area (Å²) in [6.45, 7) is 3.77. The summed E-state index contributed by atoms with van der Waals surface area (Å²) in [5.74, 6) is 0.515. The summed E-state index contributed by atoms with van der Waals surface area (Å²) >= 11 is 0. The molecule has 1 aliphatic carbocycles. The number of aromatic nitrogens is 4. The van der Waals surface area contributed by atoms with Crippen LogP contribution >= 0.6 is 0 Å². The number of aryl methyl sites for hydroxylation is 2. The Kier molecular flexibility index (Phi) is 2.87. The fraction of sp³-hybridized carbons (Fsp3) is 0.417. The number of hydrogen-bond acceptors (Lipinski definition) is 5. The van der Waals surface area contributed by atoms with E-state index in [-0.39, 0.29) is 11.2 Å². The fourth-order valence-electron chi connectivity index (χ4n) is 2.24. The third-order valence-electron chi connectivity index (χ3n) is 3.30. The zero-order chi connectivity index (χ0) is 14.5. The number of hydrogen-bond donors (Lipinski definition) is 1. The quantitative estimate of drug-likeness (QED) is 0.907. The van der Waals surface area contributed by atoms with Crippen molar-refractivity contribution in [2.45, 2.75) is 37.9 Å². The molecule has 7 nitrogen and oxygen atoms in total. The second kappa shape index (κ2) is 4.35. The minimum Gasteiger partial charge on any atom is -0.294 e. The van der Waals surface area contributed by atoms with Crippen LogP contribution in [0.1, 0.15) is 30.3 Å². The molecule has 106 valence electrons. The van der Waals surface area contributed by atoms with Crippen molar-refractivity contribution in [2.24, 2.45) is 5.14 Å². The van der Waals surface area contributed by atoms with Gasteiger partial charge in [0.2, 0.25) is 0 Å². The molecule has 20 heavy (non-hydrogen) atoms. The van der Waals surface area contributed by atoms with Crippen LogP contribution in [0.25, 0.3) is 11.4 Å². The maximum atomic E-state index is 11.6. The number of nitrogens with two attached hydrogens (primary N) is 1. The number of sulfonamides is 1. The van der Waals surface area contributed by atoms with E-state index in [1.54, 1.807) is 4.57 Å². The lowest BCUT2D eigenvalue weighted by Gasteiger charge is -2.09. The lowest BCUT2D eigenvalue weighted by molar-refractivity contribution is 0.567. The maximum Gasteiger partial charge on any atom is 0.273 e. The van der Waals surface area contributed by atoms with Gasteiger partial charge in [-0.25, -0.2) is 13.6 Å². The summed E-state index contributed by atoms with van der Waals surface area (Å²) in [4.78, 5) is 4.38. The van der Waals surface area contributed by atoms with Crippen LogP contribution in [0.15, 0.2) is 17.3 Å². The Hall–Kier alpha value is -1.80. The highest BCUT2D eigenvalue weighted by Crippen LogP contribution is 2.40. The molecule has 0 unspecified atom stereocenters. The van der Waals surface area contributed by atoms with Gasteiger partial charge in [-0.2, -0.15) is 0 Å². The van der Waals surface area contributed by atoms with Gasteiger partial charge in [-0.15, -0.1) is 10.2 Å². The van der Waals surface area contributed by atoms with Crippen LogP contribution in [0, 0.1) is 13.8 Å². The summed E-state index contributed by atoms with van der Waals surface area (Å²) < 4.78 is 24.8. The van der Waals surface area contributed by atoms with Crippen molar-refractivity contribution in [3.8, 4) is 11.4 Å². The first-order valence-electron chi connectivity index (χ1n) is 6.30. The van der Waals surface area contributed by atoms with Gasteiger partial charge >= 0.3 is 0 Å². The predicted molar refractivity (Wildman–Crippen MR) is 72.4 cm³/mol. The van der Waals surface area contributed by atoms with Crippen LogP contribution in [-0.4, -0.2) is 28.2 Å². The van der Waals surface area contributed by atoms with E-state index in [0.717, 1.165) is 29.8 Å². The van der Waals surface area contributed by atoms with Crippen LogP contribution in [0.4, 0.5) is 0 Å². The molecule has 1 fully saturated rings. The maximum absolute atomic E-state index is 11.6. The summed E-state index contributed by atoms with van der Waals surface area (Å²) in [7, 11) is -3.88. The second-order valence-corrected chi connectivity index (χ2v) is 6.49. The molecule has 1 aliphatic rings. The third-order valence-corrected chi connectivity index (χ3v) is 4.08. The Morgan fingerprint density at radius 2 is 1.95 bits per heavy atom. The molecule has 0 amide bonds. The second-order valence-electron chi connectivity index (χ2n) is 5.04. The molecule has 0 radical (unpaired) electrons. The smallest absolute Gasteiger partial charge is 0.273 e. The standard InChI is InChI=1S/C12H15N5O2S/c1-7-3-6-10(8(2)14-7)11-15-16-12(20(13,18)19)17(11)9-4-5-9/h3,6,9H,4-5H2,1-2H3,(H2,13,18,19). The molecule has 2 aromatic heterocycles. The first-order chi connectivity index (χ1) is 9.38. The van der Waals surface area contributed by atoms with Gasteiger partial charge in [0.1, 0.15) is 0 Å². The largest absolute Gasteiger partial charge is 0.294 e. The van der Waals surface area contributed by atoms with Gasteiger partial charge in [0, 0.05) is 23.0 Å². The number of primary sulfonamides is 1. The number of rotatable bonds is 3. The summed E-state index contributed by atoms with van der Waals surface area (Å²) in [6, 6.07) is 3.85. The topological polar surface area (TPSA) is 104 Å². The van der Waals surface area contributed by atoms with Crippen LogP contribution in [0.5, 0.6) is 0 Å². The lowest BCUT2D eigenvalue weighted by atomic mass is 10.1. The zero-order valence-electron chi connectivity index (χ0n) is 11.2. The SMILES string of the molecule is Cc1ccc(-c2nnc(S(N)(=O)=O)n2C2CC2)c(C)n1. The molecule has 0 saturated heterocycles. The average molecular weight is 293 g/mol. The van der Waals surface area contributed by atoms with Gasteiger partial charge in [-0.05, 0) is 38.8 Å². The molecule has 0 spiro atoms. The molecular formula is C12H15N5O2S. The molecule has 0 bridgehead atoms. The van der Waals surface area contributed by atoms with E-state index in [1.165, 1.54) is 0 Å². The number of pyridine rings is 1. The van der Waals surface area contributed by atoms with Crippen molar-refractivity contribution in [2.75, 3.05) is 0 Å². The number of nitrogens with zero attached hydrogens (tertiary/aromatic N) is 4. The van der Waals surface area contributed by atoms with Gasteiger partial charge in [0.05, 0.1) is 0 Å². The van der Waals surface area contributed by atoms with E-state index in [9.17, 15) is 8.42 Å². The fourth-order valence-corrected chi connectivity index (χ4v) is 2.90. The van der Waals surface area contributed by atoms with Gasteiger partial charge in [-0.1, -0.05) is 0 Å². The van der Waals surface area contributed by atoms with E-state index in [2.05, 4.69) is 15.2 Å². The van der Waals surface area contributed by atoms with Crippen LogP contribution in [0.3, 0.4) is 0 Å². The minimum absolute atomic E-state index is 0.106. The highest BCUT2D eigenvalue weighted by atomic mass is 32.2. The molecule has 2 heterocycles. The Balaban J connectivity index is 2.22. The lowest BCUT2D eigenvalue weighted by Crippen LogP contribution is -2.18. The Labute approximate surface area is 116 Å². The van der Waals surface area contributed by atoms with Crippen LogP contribution in [0.2, 0.25) is 0 Å². The van der Waals surface area contributed by atoms with E-state index in [0.29, 0.717) is 5.82 Å². The van der Waals surface area contributed by atoms with E-state index < -0.39 is 10.0 Å².